The molecule has 110 valence electrons. The molecule has 1 aromatic heterocycles. The van der Waals surface area contributed by atoms with Crippen molar-refractivity contribution in [3.63, 3.8) is 0 Å². The summed E-state index contributed by atoms with van der Waals surface area (Å²) in [6, 6.07) is 1.83. The van der Waals surface area contributed by atoms with Crippen molar-refractivity contribution in [2.24, 2.45) is 0 Å². The molecule has 0 saturated heterocycles. The van der Waals surface area contributed by atoms with E-state index in [9.17, 15) is 4.79 Å². The van der Waals surface area contributed by atoms with Gasteiger partial charge in [-0.3, -0.25) is 9.78 Å². The molecule has 0 unspecified atom stereocenters. The minimum Gasteiger partial charge on any atom is -0.396 e. The third-order valence-corrected chi connectivity index (χ3v) is 4.27. The molecule has 0 amide bonds. The lowest BCUT2D eigenvalue weighted by Crippen LogP contribution is -2.11. The Morgan fingerprint density at radius 1 is 1.29 bits per heavy atom. The maximum atomic E-state index is 12.8. The van der Waals surface area contributed by atoms with E-state index >= 15 is 0 Å². The average Bonchev–Trinajstić information content (AvgIpc) is 2.43. The van der Waals surface area contributed by atoms with Crippen LogP contribution in [0.15, 0.2) is 51.1 Å². The van der Waals surface area contributed by atoms with Gasteiger partial charge in [0, 0.05) is 27.3 Å². The standard InChI is InChI=1S/C16H15Br2NO2/c17-12-9-11(7-8-20)15(19-10-12)16(21)13-5-3-1-2-4-6-14(13)18/h2-5,9-10,20H,1,6-8H2/b4-2?,5-3-,14-13-. The number of ketones is 1. The van der Waals surface area contributed by atoms with Gasteiger partial charge in [-0.25, -0.2) is 0 Å². The van der Waals surface area contributed by atoms with Crippen LogP contribution < -0.4 is 0 Å². The van der Waals surface area contributed by atoms with Gasteiger partial charge in [-0.1, -0.05) is 40.2 Å². The zero-order valence-corrected chi connectivity index (χ0v) is 14.5. The number of aliphatic hydroxyl groups excluding tert-OH is 1. The number of aromatic nitrogens is 1. The van der Waals surface area contributed by atoms with Crippen molar-refractivity contribution in [2.75, 3.05) is 6.61 Å². The number of halogens is 2. The summed E-state index contributed by atoms with van der Waals surface area (Å²) in [5.41, 5.74) is 1.76. The van der Waals surface area contributed by atoms with E-state index in [0.29, 0.717) is 24.1 Å². The molecular formula is C16H15Br2NO2. The largest absolute Gasteiger partial charge is 0.396 e. The molecule has 2 rings (SSSR count). The van der Waals surface area contributed by atoms with Crippen molar-refractivity contribution >= 4 is 37.6 Å². The van der Waals surface area contributed by atoms with Crippen molar-refractivity contribution in [2.45, 2.75) is 19.3 Å². The molecule has 0 atom stereocenters. The molecule has 0 bridgehead atoms. The second-order valence-corrected chi connectivity index (χ2v) is 6.47. The Labute approximate surface area is 140 Å². The quantitative estimate of drug-likeness (QED) is 0.597. The van der Waals surface area contributed by atoms with Gasteiger partial charge in [0.2, 0.25) is 5.78 Å². The Morgan fingerprint density at radius 3 is 2.86 bits per heavy atom. The summed E-state index contributed by atoms with van der Waals surface area (Å²) in [5, 5.41) is 9.16. The number of Topliss-reactive ketones (excluding diaryl/α,β-unsaturated/α-hetero) is 1. The average molecular weight is 413 g/mol. The first-order chi connectivity index (χ1) is 10.1. The molecule has 1 aromatic rings. The normalized spacial score (nSPS) is 20.0. The lowest BCUT2D eigenvalue weighted by Gasteiger charge is -2.10. The van der Waals surface area contributed by atoms with Gasteiger partial charge >= 0.3 is 0 Å². The van der Waals surface area contributed by atoms with Gasteiger partial charge in [0.15, 0.2) is 0 Å². The van der Waals surface area contributed by atoms with E-state index in [1.54, 1.807) is 6.20 Å². The van der Waals surface area contributed by atoms with Crippen LogP contribution in [-0.2, 0) is 6.42 Å². The summed E-state index contributed by atoms with van der Waals surface area (Å²) in [4.78, 5) is 17.0. The Kier molecular flexibility index (Phi) is 6.08. The number of pyridine rings is 1. The molecular weight excluding hydrogens is 398 g/mol. The van der Waals surface area contributed by atoms with Crippen LogP contribution in [0.1, 0.15) is 28.9 Å². The van der Waals surface area contributed by atoms with Crippen molar-refractivity contribution in [3.05, 3.63) is 62.4 Å². The highest BCUT2D eigenvalue weighted by Crippen LogP contribution is 2.25. The summed E-state index contributed by atoms with van der Waals surface area (Å²) in [5.74, 6) is -0.121. The first kappa shape index (κ1) is 16.3. The minimum atomic E-state index is -0.121. The van der Waals surface area contributed by atoms with E-state index in [-0.39, 0.29) is 12.4 Å². The molecule has 1 N–H and O–H groups in total. The van der Waals surface area contributed by atoms with Crippen molar-refractivity contribution in [3.8, 4) is 0 Å². The smallest absolute Gasteiger partial charge is 0.212 e. The summed E-state index contributed by atoms with van der Waals surface area (Å²) < 4.78 is 1.64. The molecule has 21 heavy (non-hydrogen) atoms. The summed E-state index contributed by atoms with van der Waals surface area (Å²) in [6.45, 7) is -0.0167. The first-order valence-electron chi connectivity index (χ1n) is 6.63. The van der Waals surface area contributed by atoms with Gasteiger partial charge < -0.3 is 5.11 Å². The fourth-order valence-electron chi connectivity index (χ4n) is 2.07. The SMILES string of the molecule is O=C(C1=C(\Br)CC=CC/C=C\1)c1ncc(Br)cc1CCO. The lowest BCUT2D eigenvalue weighted by atomic mass is 9.99. The van der Waals surface area contributed by atoms with E-state index in [2.05, 4.69) is 42.9 Å². The fourth-order valence-corrected chi connectivity index (χ4v) is 2.95. The third-order valence-electron chi connectivity index (χ3n) is 3.09. The van der Waals surface area contributed by atoms with E-state index in [4.69, 9.17) is 5.11 Å². The third kappa shape index (κ3) is 4.22. The second kappa shape index (κ2) is 7.82. The van der Waals surface area contributed by atoms with Crippen LogP contribution in [0.25, 0.3) is 0 Å². The Hall–Kier alpha value is -1.04. The Balaban J connectivity index is 2.43. The van der Waals surface area contributed by atoms with E-state index < -0.39 is 0 Å². The van der Waals surface area contributed by atoms with Crippen LogP contribution in [0.2, 0.25) is 0 Å². The molecule has 3 nitrogen and oxygen atoms in total. The van der Waals surface area contributed by atoms with Gasteiger partial charge in [-0.2, -0.15) is 0 Å². The van der Waals surface area contributed by atoms with Crippen LogP contribution in [0, 0.1) is 0 Å². The van der Waals surface area contributed by atoms with Gasteiger partial charge in [0.05, 0.1) is 0 Å². The molecule has 1 aliphatic carbocycles. The van der Waals surface area contributed by atoms with Crippen LogP contribution in [0.4, 0.5) is 0 Å². The zero-order chi connectivity index (χ0) is 15.2. The van der Waals surface area contributed by atoms with E-state index in [1.807, 2.05) is 24.3 Å². The lowest BCUT2D eigenvalue weighted by molar-refractivity contribution is 0.103. The minimum absolute atomic E-state index is 0.0167. The number of carbonyl (C=O) groups excluding carboxylic acids is 1. The highest BCUT2D eigenvalue weighted by Gasteiger charge is 2.19. The highest BCUT2D eigenvalue weighted by molar-refractivity contribution is 9.11. The Morgan fingerprint density at radius 2 is 2.10 bits per heavy atom. The van der Waals surface area contributed by atoms with Crippen molar-refractivity contribution in [1.29, 1.82) is 0 Å². The number of hydrogen-bond donors (Lipinski definition) is 1. The summed E-state index contributed by atoms with van der Waals surface area (Å²) >= 11 is 6.83. The number of aliphatic hydroxyl groups is 1. The van der Waals surface area contributed by atoms with Gasteiger partial charge in [0.1, 0.15) is 5.69 Å². The molecule has 0 saturated carbocycles. The molecule has 5 heteroatoms. The second-order valence-electron chi connectivity index (χ2n) is 4.60. The van der Waals surface area contributed by atoms with Crippen LogP contribution in [-0.4, -0.2) is 22.5 Å². The van der Waals surface area contributed by atoms with E-state index in [0.717, 1.165) is 20.9 Å². The summed E-state index contributed by atoms with van der Waals surface area (Å²) in [7, 11) is 0. The molecule has 0 aliphatic heterocycles. The van der Waals surface area contributed by atoms with Crippen LogP contribution >= 0.6 is 31.9 Å². The maximum absolute atomic E-state index is 12.8. The first-order valence-corrected chi connectivity index (χ1v) is 8.22. The predicted molar refractivity (Wildman–Crippen MR) is 90.5 cm³/mol. The molecule has 0 aromatic carbocycles. The van der Waals surface area contributed by atoms with Gasteiger partial charge in [0.25, 0.3) is 0 Å². The number of hydrogen-bond acceptors (Lipinski definition) is 3. The van der Waals surface area contributed by atoms with Crippen molar-refractivity contribution in [1.82, 2.24) is 4.98 Å². The Bertz CT molecular complexity index is 633. The zero-order valence-electron chi connectivity index (χ0n) is 11.4. The fraction of sp³-hybridized carbons (Fsp3) is 0.250. The van der Waals surface area contributed by atoms with Gasteiger partial charge in [-0.15, -0.1) is 0 Å². The van der Waals surface area contributed by atoms with E-state index in [1.165, 1.54) is 0 Å². The topological polar surface area (TPSA) is 50.2 Å². The number of allylic oxidation sites excluding steroid dienone is 6. The highest BCUT2D eigenvalue weighted by atomic mass is 79.9. The van der Waals surface area contributed by atoms with Crippen LogP contribution in [0.3, 0.4) is 0 Å². The molecule has 0 radical (unpaired) electrons. The number of rotatable bonds is 4. The maximum Gasteiger partial charge on any atom is 0.212 e. The summed E-state index contributed by atoms with van der Waals surface area (Å²) in [6.07, 6.45) is 11.4. The predicted octanol–water partition coefficient (Wildman–Crippen LogP) is 4.12. The number of carbonyl (C=O) groups is 1. The molecule has 1 heterocycles. The molecule has 0 fully saturated rings. The van der Waals surface area contributed by atoms with Gasteiger partial charge in [-0.05, 0) is 46.8 Å². The molecule has 0 spiro atoms. The molecule has 1 aliphatic rings. The monoisotopic (exact) mass is 411 g/mol. The van der Waals surface area contributed by atoms with Crippen molar-refractivity contribution < 1.29 is 9.90 Å². The number of nitrogens with zero attached hydrogens (tertiary/aromatic N) is 1. The van der Waals surface area contributed by atoms with Crippen LogP contribution in [0.5, 0.6) is 0 Å².